The summed E-state index contributed by atoms with van der Waals surface area (Å²) in [5.41, 5.74) is 0. The summed E-state index contributed by atoms with van der Waals surface area (Å²) in [5, 5.41) is 0. The van der Waals surface area contributed by atoms with Gasteiger partial charge in [0.15, 0.2) is 15.2 Å². The first-order valence-corrected chi connectivity index (χ1v) is 6.79. The fraction of sp³-hybridized carbons (Fsp3) is 1.00. The summed E-state index contributed by atoms with van der Waals surface area (Å²) < 4.78 is 31.1. The minimum atomic E-state index is -2.93. The van der Waals surface area contributed by atoms with Crippen molar-refractivity contribution in [3.63, 3.8) is 0 Å². The smallest absolute Gasteiger partial charge is 0.198 e. The Morgan fingerprint density at radius 3 is 2.17 bits per heavy atom. The van der Waals surface area contributed by atoms with Crippen LogP contribution in [0.2, 0.25) is 0 Å². The highest BCUT2D eigenvalue weighted by molar-refractivity contribution is 8.71. The Kier molecular flexibility index (Phi) is 5.90. The van der Waals surface area contributed by atoms with Crippen molar-refractivity contribution in [2.75, 3.05) is 26.2 Å². The molecule has 0 aromatic heterocycles. The van der Waals surface area contributed by atoms with Crippen molar-refractivity contribution in [2.45, 2.75) is 12.7 Å². The topological polar surface area (TPSA) is 52.6 Å². The lowest BCUT2D eigenvalue weighted by Gasteiger charge is -2.11. The van der Waals surface area contributed by atoms with Gasteiger partial charge < -0.3 is 9.47 Å². The minimum absolute atomic E-state index is 0.306. The van der Waals surface area contributed by atoms with E-state index in [9.17, 15) is 8.42 Å². The van der Waals surface area contributed by atoms with Crippen molar-refractivity contribution >= 4 is 19.7 Å². The van der Waals surface area contributed by atoms with E-state index in [0.29, 0.717) is 12.2 Å². The highest BCUT2D eigenvalue weighted by Gasteiger charge is 2.08. The lowest BCUT2D eigenvalue weighted by atomic mass is 10.5. The van der Waals surface area contributed by atoms with Crippen LogP contribution in [0.25, 0.3) is 0 Å². The van der Waals surface area contributed by atoms with Crippen LogP contribution in [0.15, 0.2) is 0 Å². The van der Waals surface area contributed by atoms with Crippen LogP contribution < -0.4 is 0 Å². The fourth-order valence-electron chi connectivity index (χ4n) is 0.628. The molecule has 0 bridgehead atoms. The zero-order valence-electron chi connectivity index (χ0n) is 7.44. The Morgan fingerprint density at radius 2 is 1.83 bits per heavy atom. The molecule has 74 valence electrons. The van der Waals surface area contributed by atoms with Gasteiger partial charge in [-0.3, -0.25) is 0 Å². The van der Waals surface area contributed by atoms with Gasteiger partial charge in [-0.1, -0.05) is 0 Å². The number of ether oxygens (including phenoxy) is 2. The van der Waals surface area contributed by atoms with Gasteiger partial charge in [0.1, 0.15) is 0 Å². The Bertz CT molecular complexity index is 196. The van der Waals surface area contributed by atoms with E-state index >= 15 is 0 Å². The molecule has 0 saturated heterocycles. The Morgan fingerprint density at radius 1 is 1.33 bits per heavy atom. The van der Waals surface area contributed by atoms with Crippen LogP contribution in [0, 0.1) is 0 Å². The molecule has 0 aliphatic carbocycles. The van der Waals surface area contributed by atoms with Crippen LogP contribution in [0.1, 0.15) is 6.42 Å². The molecule has 0 unspecified atom stereocenters. The Hall–Kier alpha value is 0.220. The van der Waals surface area contributed by atoms with Crippen LogP contribution in [0.5, 0.6) is 0 Å². The number of hydrogen-bond donors (Lipinski definition) is 0. The molecule has 0 aromatic carbocycles. The first kappa shape index (κ1) is 12.2. The van der Waals surface area contributed by atoms with E-state index in [1.807, 2.05) is 0 Å². The first-order chi connectivity index (χ1) is 5.49. The van der Waals surface area contributed by atoms with E-state index in [0.717, 1.165) is 10.8 Å². The lowest BCUT2D eigenvalue weighted by Crippen LogP contribution is -2.13. The van der Waals surface area contributed by atoms with E-state index < -0.39 is 8.87 Å². The van der Waals surface area contributed by atoms with Crippen LogP contribution in [-0.2, 0) is 18.3 Å². The maximum Gasteiger partial charge on any atom is 0.198 e. The summed E-state index contributed by atoms with van der Waals surface area (Å²) in [4.78, 5) is 0. The zero-order chi connectivity index (χ0) is 9.61. The normalized spacial score (nSPS) is 12.3. The highest BCUT2D eigenvalue weighted by atomic mass is 33.1. The summed E-state index contributed by atoms with van der Waals surface area (Å²) in [5.74, 6) is 0.491. The summed E-state index contributed by atoms with van der Waals surface area (Å²) in [7, 11) is 1.03. The molecule has 12 heavy (non-hydrogen) atoms. The van der Waals surface area contributed by atoms with Crippen molar-refractivity contribution in [3.8, 4) is 0 Å². The molecule has 0 fully saturated rings. The second-order valence-corrected chi connectivity index (χ2v) is 6.79. The lowest BCUT2D eigenvalue weighted by molar-refractivity contribution is -0.102. The van der Waals surface area contributed by atoms with Gasteiger partial charge >= 0.3 is 0 Å². The summed E-state index contributed by atoms with van der Waals surface area (Å²) in [6, 6.07) is 0. The van der Waals surface area contributed by atoms with Crippen molar-refractivity contribution in [2.24, 2.45) is 0 Å². The quantitative estimate of drug-likeness (QED) is 0.481. The first-order valence-electron chi connectivity index (χ1n) is 3.39. The predicted octanol–water partition coefficient (Wildman–Crippen LogP) is 0.688. The largest absolute Gasteiger partial charge is 0.356 e. The van der Waals surface area contributed by atoms with Gasteiger partial charge in [-0.05, 0) is 10.8 Å². The van der Waals surface area contributed by atoms with Crippen molar-refractivity contribution in [1.82, 2.24) is 0 Å². The predicted molar refractivity (Wildman–Crippen MR) is 49.7 cm³/mol. The van der Waals surface area contributed by atoms with Crippen molar-refractivity contribution < 1.29 is 17.9 Å². The van der Waals surface area contributed by atoms with Gasteiger partial charge in [-0.15, -0.1) is 0 Å². The molecule has 0 N–H and O–H groups in total. The third-order valence-corrected chi connectivity index (χ3v) is 3.79. The van der Waals surface area contributed by atoms with Crippen LogP contribution in [-0.4, -0.2) is 40.9 Å². The summed E-state index contributed by atoms with van der Waals surface area (Å²) in [6.07, 6.45) is 1.45. The molecule has 6 heteroatoms. The Balaban J connectivity index is 3.55. The average molecular weight is 214 g/mol. The van der Waals surface area contributed by atoms with Crippen LogP contribution in [0.3, 0.4) is 0 Å². The minimum Gasteiger partial charge on any atom is -0.356 e. The van der Waals surface area contributed by atoms with E-state index in [-0.39, 0.29) is 6.29 Å². The standard InChI is InChI=1S/C6H14O4S2/c1-9-6(10-2)4-5-11-12(3,7)8/h6H,4-5H2,1-3H3. The van der Waals surface area contributed by atoms with Gasteiger partial charge in [0.2, 0.25) is 0 Å². The van der Waals surface area contributed by atoms with E-state index in [1.54, 1.807) is 0 Å². The zero-order valence-corrected chi connectivity index (χ0v) is 9.07. The number of methoxy groups -OCH3 is 2. The highest BCUT2D eigenvalue weighted by Crippen LogP contribution is 2.13. The molecule has 0 spiro atoms. The molecular weight excluding hydrogens is 200 g/mol. The third kappa shape index (κ3) is 6.90. The molecule has 0 amide bonds. The van der Waals surface area contributed by atoms with Gasteiger partial charge in [0.05, 0.1) is 0 Å². The van der Waals surface area contributed by atoms with E-state index in [2.05, 4.69) is 0 Å². The number of hydrogen-bond acceptors (Lipinski definition) is 5. The molecule has 0 aromatic rings. The van der Waals surface area contributed by atoms with Gasteiger partial charge in [-0.25, -0.2) is 8.42 Å². The van der Waals surface area contributed by atoms with E-state index in [4.69, 9.17) is 9.47 Å². The average Bonchev–Trinajstić information content (AvgIpc) is 1.96. The SMILES string of the molecule is COC(CCSS(C)(=O)=O)OC. The second-order valence-electron chi connectivity index (χ2n) is 2.22. The molecule has 0 heterocycles. The molecular formula is C6H14O4S2. The van der Waals surface area contributed by atoms with Gasteiger partial charge in [-0.2, -0.15) is 0 Å². The molecule has 0 radical (unpaired) electrons. The second kappa shape index (κ2) is 5.80. The van der Waals surface area contributed by atoms with Crippen LogP contribution in [0.4, 0.5) is 0 Å². The maximum atomic E-state index is 10.7. The fourth-order valence-corrected chi connectivity index (χ4v) is 2.42. The summed E-state index contributed by atoms with van der Waals surface area (Å²) >= 11 is 0. The molecule has 0 aliphatic rings. The molecule has 4 nitrogen and oxygen atoms in total. The van der Waals surface area contributed by atoms with Crippen molar-refractivity contribution in [1.29, 1.82) is 0 Å². The van der Waals surface area contributed by atoms with Gasteiger partial charge in [0.25, 0.3) is 0 Å². The van der Waals surface area contributed by atoms with E-state index in [1.165, 1.54) is 20.5 Å². The monoisotopic (exact) mass is 214 g/mol. The Labute approximate surface area is 76.9 Å². The molecule has 0 rings (SSSR count). The maximum absolute atomic E-state index is 10.7. The molecule has 0 saturated carbocycles. The molecule has 0 aliphatic heterocycles. The van der Waals surface area contributed by atoms with Crippen molar-refractivity contribution in [3.05, 3.63) is 0 Å². The van der Waals surface area contributed by atoms with Gasteiger partial charge in [0, 0.05) is 32.6 Å². The third-order valence-electron chi connectivity index (χ3n) is 1.18. The summed E-state index contributed by atoms with van der Waals surface area (Å²) in [6.45, 7) is 0. The number of rotatable bonds is 6. The van der Waals surface area contributed by atoms with Crippen LogP contribution >= 0.6 is 10.8 Å². The molecule has 0 atom stereocenters.